The van der Waals surface area contributed by atoms with Crippen molar-refractivity contribution in [3.05, 3.63) is 38.3 Å². The summed E-state index contributed by atoms with van der Waals surface area (Å²) in [7, 11) is 0. The summed E-state index contributed by atoms with van der Waals surface area (Å²) in [5.74, 6) is 0. The Labute approximate surface area is 96.0 Å². The van der Waals surface area contributed by atoms with E-state index in [2.05, 4.69) is 15.9 Å². The van der Waals surface area contributed by atoms with Gasteiger partial charge in [-0.15, -0.1) is 0 Å². The number of nitro groups is 1. The van der Waals surface area contributed by atoms with Gasteiger partial charge < -0.3 is 5.11 Å². The number of nitro benzene ring substituents is 1. The van der Waals surface area contributed by atoms with E-state index in [1.165, 1.54) is 6.07 Å². The summed E-state index contributed by atoms with van der Waals surface area (Å²) in [6.07, 6.45) is -7.79. The van der Waals surface area contributed by atoms with Crippen molar-refractivity contribution >= 4 is 21.6 Å². The molecule has 4 nitrogen and oxygen atoms in total. The van der Waals surface area contributed by atoms with Gasteiger partial charge in [0.25, 0.3) is 5.69 Å². The van der Waals surface area contributed by atoms with E-state index in [1.54, 1.807) is 0 Å². The standard InChI is InChI=1S/C8H5BrF3NO3/c9-4-1-2-5(6(3-4)13(15)16)7(14)8(10,11)12/h1-3,7,14H. The zero-order valence-electron chi connectivity index (χ0n) is 7.53. The van der Waals surface area contributed by atoms with Crippen molar-refractivity contribution in [2.24, 2.45) is 0 Å². The van der Waals surface area contributed by atoms with Gasteiger partial charge in [0.05, 0.1) is 10.5 Å². The molecule has 16 heavy (non-hydrogen) atoms. The Morgan fingerprint density at radius 3 is 2.44 bits per heavy atom. The number of rotatable bonds is 2. The van der Waals surface area contributed by atoms with Crippen LogP contribution in [0.15, 0.2) is 22.7 Å². The minimum atomic E-state index is -4.93. The first-order valence-corrected chi connectivity index (χ1v) is 4.71. The van der Waals surface area contributed by atoms with Gasteiger partial charge in [-0.1, -0.05) is 15.9 Å². The summed E-state index contributed by atoms with van der Waals surface area (Å²) >= 11 is 2.90. The highest BCUT2D eigenvalue weighted by Crippen LogP contribution is 2.37. The summed E-state index contributed by atoms with van der Waals surface area (Å²) in [5.41, 5.74) is -1.56. The van der Waals surface area contributed by atoms with Crippen molar-refractivity contribution in [3.63, 3.8) is 0 Å². The molecule has 0 bridgehead atoms. The number of alkyl halides is 3. The van der Waals surface area contributed by atoms with E-state index in [0.29, 0.717) is 0 Å². The summed E-state index contributed by atoms with van der Waals surface area (Å²) < 4.78 is 36.8. The molecule has 0 saturated carbocycles. The van der Waals surface area contributed by atoms with Crippen molar-refractivity contribution in [2.45, 2.75) is 12.3 Å². The van der Waals surface area contributed by atoms with Gasteiger partial charge in [-0.25, -0.2) is 0 Å². The number of hydrogen-bond donors (Lipinski definition) is 1. The van der Waals surface area contributed by atoms with Gasteiger partial charge in [0.2, 0.25) is 0 Å². The van der Waals surface area contributed by atoms with Gasteiger partial charge in [0.1, 0.15) is 0 Å². The van der Waals surface area contributed by atoms with Crippen molar-refractivity contribution in [2.75, 3.05) is 0 Å². The predicted octanol–water partition coefficient (Wildman–Crippen LogP) is 2.95. The van der Waals surface area contributed by atoms with Crippen LogP contribution in [0.1, 0.15) is 11.7 Å². The molecule has 0 aliphatic carbocycles. The molecule has 0 aromatic heterocycles. The van der Waals surface area contributed by atoms with Gasteiger partial charge >= 0.3 is 6.18 Å². The zero-order valence-corrected chi connectivity index (χ0v) is 9.12. The maximum Gasteiger partial charge on any atom is 0.418 e. The lowest BCUT2D eigenvalue weighted by Crippen LogP contribution is -2.21. The third-order valence-electron chi connectivity index (χ3n) is 1.79. The van der Waals surface area contributed by atoms with Crippen LogP contribution in [0, 0.1) is 10.1 Å². The number of nitrogens with zero attached hydrogens (tertiary/aromatic N) is 1. The van der Waals surface area contributed by atoms with E-state index in [9.17, 15) is 23.3 Å². The summed E-state index contributed by atoms with van der Waals surface area (Å²) in [6.45, 7) is 0. The highest BCUT2D eigenvalue weighted by Gasteiger charge is 2.42. The summed E-state index contributed by atoms with van der Waals surface area (Å²) in [6, 6.07) is 2.96. The van der Waals surface area contributed by atoms with Crippen LogP contribution in [0.2, 0.25) is 0 Å². The smallest absolute Gasteiger partial charge is 0.379 e. The Hall–Kier alpha value is -1.15. The highest BCUT2D eigenvalue weighted by molar-refractivity contribution is 9.10. The number of aliphatic hydroxyl groups is 1. The molecule has 1 aromatic rings. The molecular formula is C8H5BrF3NO3. The van der Waals surface area contributed by atoms with Crippen LogP contribution in [-0.4, -0.2) is 16.2 Å². The molecule has 8 heteroatoms. The van der Waals surface area contributed by atoms with E-state index in [0.717, 1.165) is 12.1 Å². The molecule has 0 fully saturated rings. The molecule has 0 spiro atoms. The first kappa shape index (κ1) is 12.9. The second-order valence-corrected chi connectivity index (χ2v) is 3.82. The molecule has 0 radical (unpaired) electrons. The molecule has 88 valence electrons. The van der Waals surface area contributed by atoms with Crippen LogP contribution in [0.3, 0.4) is 0 Å². The molecule has 0 amide bonds. The van der Waals surface area contributed by atoms with E-state index >= 15 is 0 Å². The SMILES string of the molecule is O=[N+]([O-])c1cc(Br)ccc1C(O)C(F)(F)F. The maximum atomic E-state index is 12.2. The predicted molar refractivity (Wildman–Crippen MR) is 51.8 cm³/mol. The second-order valence-electron chi connectivity index (χ2n) is 2.90. The fraction of sp³-hybridized carbons (Fsp3) is 0.250. The number of benzene rings is 1. The fourth-order valence-corrected chi connectivity index (χ4v) is 1.43. The normalized spacial score (nSPS) is 13.6. The zero-order chi connectivity index (χ0) is 12.5. The van der Waals surface area contributed by atoms with Crippen LogP contribution >= 0.6 is 15.9 Å². The molecular weight excluding hydrogens is 295 g/mol. The minimum absolute atomic E-state index is 0.261. The second kappa shape index (κ2) is 4.38. The molecule has 1 rings (SSSR count). The fourth-order valence-electron chi connectivity index (χ4n) is 1.08. The average molecular weight is 300 g/mol. The largest absolute Gasteiger partial charge is 0.418 e. The molecule has 1 atom stereocenters. The summed E-state index contributed by atoms with van der Waals surface area (Å²) in [4.78, 5) is 9.53. The molecule has 0 saturated heterocycles. The van der Waals surface area contributed by atoms with E-state index in [1.807, 2.05) is 0 Å². The van der Waals surface area contributed by atoms with E-state index in [-0.39, 0.29) is 4.47 Å². The third-order valence-corrected chi connectivity index (χ3v) is 2.29. The average Bonchev–Trinajstić information content (AvgIpc) is 2.15. The topological polar surface area (TPSA) is 63.4 Å². The molecule has 1 unspecified atom stereocenters. The van der Waals surface area contributed by atoms with Crippen LogP contribution < -0.4 is 0 Å². The third kappa shape index (κ3) is 2.70. The van der Waals surface area contributed by atoms with Crippen molar-refractivity contribution in [1.29, 1.82) is 0 Å². The Kier molecular flexibility index (Phi) is 3.54. The van der Waals surface area contributed by atoms with Gasteiger partial charge in [-0.05, 0) is 12.1 Å². The lowest BCUT2D eigenvalue weighted by molar-refractivity contribution is -0.387. The summed E-state index contributed by atoms with van der Waals surface area (Å²) in [5, 5.41) is 19.4. The first-order chi connectivity index (χ1) is 7.23. The van der Waals surface area contributed by atoms with Crippen LogP contribution in [0.4, 0.5) is 18.9 Å². The lowest BCUT2D eigenvalue weighted by Gasteiger charge is -2.14. The molecule has 1 N–H and O–H groups in total. The number of halogens is 4. The monoisotopic (exact) mass is 299 g/mol. The van der Waals surface area contributed by atoms with Crippen LogP contribution in [0.25, 0.3) is 0 Å². The van der Waals surface area contributed by atoms with Gasteiger partial charge in [0, 0.05) is 10.5 Å². The molecule has 1 aromatic carbocycles. The molecule has 0 aliphatic heterocycles. The number of hydrogen-bond acceptors (Lipinski definition) is 3. The Bertz CT molecular complexity index is 421. The van der Waals surface area contributed by atoms with Crippen molar-refractivity contribution < 1.29 is 23.2 Å². The lowest BCUT2D eigenvalue weighted by atomic mass is 10.1. The van der Waals surface area contributed by atoms with Crippen LogP contribution in [0.5, 0.6) is 0 Å². The van der Waals surface area contributed by atoms with Gasteiger partial charge in [-0.3, -0.25) is 10.1 Å². The van der Waals surface area contributed by atoms with Crippen molar-refractivity contribution in [1.82, 2.24) is 0 Å². The Morgan fingerprint density at radius 2 is 2.00 bits per heavy atom. The van der Waals surface area contributed by atoms with Crippen LogP contribution in [-0.2, 0) is 0 Å². The van der Waals surface area contributed by atoms with Crippen molar-refractivity contribution in [3.8, 4) is 0 Å². The van der Waals surface area contributed by atoms with E-state index in [4.69, 9.17) is 5.11 Å². The molecule has 0 aliphatic rings. The quantitative estimate of drug-likeness (QED) is 0.674. The van der Waals surface area contributed by atoms with E-state index < -0.39 is 28.5 Å². The first-order valence-electron chi connectivity index (χ1n) is 3.92. The van der Waals surface area contributed by atoms with Gasteiger partial charge in [0.15, 0.2) is 6.10 Å². The number of aliphatic hydroxyl groups excluding tert-OH is 1. The Balaban J connectivity index is 3.28. The molecule has 0 heterocycles. The minimum Gasteiger partial charge on any atom is -0.379 e. The Morgan fingerprint density at radius 1 is 1.44 bits per heavy atom. The van der Waals surface area contributed by atoms with Gasteiger partial charge in [-0.2, -0.15) is 13.2 Å². The highest BCUT2D eigenvalue weighted by atomic mass is 79.9. The maximum absolute atomic E-state index is 12.2.